The number of anilines is 2. The molecule has 1 fully saturated rings. The van der Waals surface area contributed by atoms with E-state index in [1.807, 2.05) is 0 Å². The van der Waals surface area contributed by atoms with Crippen LogP contribution in [0.15, 0.2) is 42.7 Å². The number of aromatic nitrogens is 2. The molecule has 0 unspecified atom stereocenters. The van der Waals surface area contributed by atoms with Crippen molar-refractivity contribution in [2.45, 2.75) is 19.3 Å². The Bertz CT molecular complexity index is 653. The fourth-order valence-electron chi connectivity index (χ4n) is 3.06. The lowest BCUT2D eigenvalue weighted by molar-refractivity contribution is 0.402. The van der Waals surface area contributed by atoms with E-state index in [2.05, 4.69) is 50.5 Å². The monoisotopic (exact) mass is 327 g/mol. The van der Waals surface area contributed by atoms with Gasteiger partial charge in [-0.25, -0.2) is 9.97 Å². The summed E-state index contributed by atoms with van der Waals surface area (Å²) in [4.78, 5) is 11.0. The molecule has 1 aliphatic rings. The summed E-state index contributed by atoms with van der Waals surface area (Å²) in [5.41, 5.74) is 6.98. The van der Waals surface area contributed by atoms with Crippen molar-refractivity contribution in [2.75, 3.05) is 23.3 Å². The molecular weight excluding hydrogens is 306 g/mol. The molecule has 1 aromatic heterocycles. The molecular formula is C17H21N5S. The van der Waals surface area contributed by atoms with Gasteiger partial charge in [0, 0.05) is 25.5 Å². The van der Waals surface area contributed by atoms with Crippen molar-refractivity contribution in [3.05, 3.63) is 48.3 Å². The number of nitrogens with two attached hydrogens (primary N) is 1. The zero-order valence-corrected chi connectivity index (χ0v) is 13.8. The third kappa shape index (κ3) is 4.16. The molecule has 0 aliphatic carbocycles. The van der Waals surface area contributed by atoms with E-state index in [0.29, 0.717) is 5.82 Å². The Hall–Kier alpha value is -2.21. The van der Waals surface area contributed by atoms with Gasteiger partial charge in [-0.3, -0.25) is 0 Å². The minimum absolute atomic E-state index is 0.214. The third-order valence-corrected chi connectivity index (χ3v) is 4.30. The summed E-state index contributed by atoms with van der Waals surface area (Å²) in [6, 6.07) is 10.7. The molecule has 1 aliphatic heterocycles. The first kappa shape index (κ1) is 15.7. The third-order valence-electron chi connectivity index (χ3n) is 4.20. The van der Waals surface area contributed by atoms with Crippen LogP contribution in [0.5, 0.6) is 0 Å². The second kappa shape index (κ2) is 7.37. The van der Waals surface area contributed by atoms with Crippen molar-refractivity contribution in [2.24, 2.45) is 11.7 Å². The minimum atomic E-state index is 0.214. The van der Waals surface area contributed by atoms with Crippen LogP contribution in [0.2, 0.25) is 0 Å². The lowest BCUT2D eigenvalue weighted by atomic mass is 9.90. The molecule has 2 heterocycles. The predicted octanol–water partition coefficient (Wildman–Crippen LogP) is 2.59. The molecule has 2 aromatic rings. The zero-order chi connectivity index (χ0) is 16.1. The fourth-order valence-corrected chi connectivity index (χ4v) is 3.16. The topological polar surface area (TPSA) is 67.1 Å². The van der Waals surface area contributed by atoms with Crippen LogP contribution in [-0.4, -0.2) is 28.2 Å². The van der Waals surface area contributed by atoms with E-state index in [0.717, 1.165) is 44.1 Å². The highest BCUT2D eigenvalue weighted by atomic mass is 32.1. The number of hydrogen-bond donors (Lipinski definition) is 2. The van der Waals surface area contributed by atoms with Crippen LogP contribution >= 0.6 is 12.2 Å². The molecule has 1 saturated heterocycles. The first-order valence-corrected chi connectivity index (χ1v) is 8.29. The summed E-state index contributed by atoms with van der Waals surface area (Å²) >= 11 is 4.91. The van der Waals surface area contributed by atoms with Crippen LogP contribution in [-0.2, 0) is 6.42 Å². The second-order valence-corrected chi connectivity index (χ2v) is 6.28. The number of nitrogens with one attached hydrogen (secondary N) is 1. The largest absolute Gasteiger partial charge is 0.376 e. The SMILES string of the molecule is NC(=S)Nc1nccnc1N1CCC(Cc2ccccc2)CC1. The van der Waals surface area contributed by atoms with Gasteiger partial charge in [0.25, 0.3) is 0 Å². The molecule has 6 heteroatoms. The smallest absolute Gasteiger partial charge is 0.175 e. The molecule has 1 aromatic carbocycles. The summed E-state index contributed by atoms with van der Waals surface area (Å²) in [5, 5.41) is 3.13. The first-order chi connectivity index (χ1) is 11.2. The van der Waals surface area contributed by atoms with Gasteiger partial charge in [-0.2, -0.15) is 0 Å². The summed E-state index contributed by atoms with van der Waals surface area (Å²) in [7, 11) is 0. The molecule has 3 N–H and O–H groups in total. The molecule has 0 spiro atoms. The van der Waals surface area contributed by atoms with Gasteiger partial charge in [0.1, 0.15) is 0 Å². The highest BCUT2D eigenvalue weighted by Gasteiger charge is 2.22. The normalized spacial score (nSPS) is 15.4. The molecule has 3 rings (SSSR count). The molecule has 120 valence electrons. The summed E-state index contributed by atoms with van der Waals surface area (Å²) < 4.78 is 0. The Labute approximate surface area is 141 Å². The second-order valence-electron chi connectivity index (χ2n) is 5.84. The van der Waals surface area contributed by atoms with E-state index in [1.165, 1.54) is 5.56 Å². The molecule has 0 saturated carbocycles. The van der Waals surface area contributed by atoms with Crippen molar-refractivity contribution >= 4 is 29.0 Å². The van der Waals surface area contributed by atoms with Gasteiger partial charge in [0.05, 0.1) is 0 Å². The number of rotatable bonds is 4. The van der Waals surface area contributed by atoms with Crippen molar-refractivity contribution in [1.82, 2.24) is 9.97 Å². The van der Waals surface area contributed by atoms with Gasteiger partial charge in [-0.15, -0.1) is 0 Å². The van der Waals surface area contributed by atoms with Crippen molar-refractivity contribution in [3.63, 3.8) is 0 Å². The van der Waals surface area contributed by atoms with Gasteiger partial charge in [0.2, 0.25) is 0 Å². The average Bonchev–Trinajstić information content (AvgIpc) is 2.57. The molecule has 5 nitrogen and oxygen atoms in total. The zero-order valence-electron chi connectivity index (χ0n) is 13.0. The van der Waals surface area contributed by atoms with E-state index in [4.69, 9.17) is 18.0 Å². The quantitative estimate of drug-likeness (QED) is 0.842. The van der Waals surface area contributed by atoms with Crippen molar-refractivity contribution in [1.29, 1.82) is 0 Å². The lowest BCUT2D eigenvalue weighted by Crippen LogP contribution is -2.36. The number of benzene rings is 1. The number of thiocarbonyl (C=S) groups is 1. The van der Waals surface area contributed by atoms with Crippen LogP contribution in [0.1, 0.15) is 18.4 Å². The lowest BCUT2D eigenvalue weighted by Gasteiger charge is -2.33. The Morgan fingerprint density at radius 1 is 1.17 bits per heavy atom. The van der Waals surface area contributed by atoms with Gasteiger partial charge in [-0.05, 0) is 43.0 Å². The van der Waals surface area contributed by atoms with Crippen LogP contribution in [0.3, 0.4) is 0 Å². The molecule has 23 heavy (non-hydrogen) atoms. The van der Waals surface area contributed by atoms with Crippen LogP contribution in [0, 0.1) is 5.92 Å². The van der Waals surface area contributed by atoms with Gasteiger partial charge < -0.3 is 16.0 Å². The Balaban J connectivity index is 1.62. The van der Waals surface area contributed by atoms with Crippen molar-refractivity contribution < 1.29 is 0 Å². The maximum absolute atomic E-state index is 5.56. The number of hydrogen-bond acceptors (Lipinski definition) is 4. The van der Waals surface area contributed by atoms with Gasteiger partial charge in [0.15, 0.2) is 16.7 Å². The highest BCUT2D eigenvalue weighted by Crippen LogP contribution is 2.27. The number of nitrogens with zero attached hydrogens (tertiary/aromatic N) is 3. The van der Waals surface area contributed by atoms with Gasteiger partial charge >= 0.3 is 0 Å². The Kier molecular flexibility index (Phi) is 5.02. The maximum Gasteiger partial charge on any atom is 0.175 e. The van der Waals surface area contributed by atoms with Crippen LogP contribution in [0.4, 0.5) is 11.6 Å². The molecule has 0 radical (unpaired) electrons. The standard InChI is InChI=1S/C17H21N5S/c18-17(23)21-15-16(20-9-8-19-15)22-10-6-14(7-11-22)12-13-4-2-1-3-5-13/h1-5,8-9,14H,6-7,10-12H2,(H3,18,19,21,23). The van der Waals surface area contributed by atoms with Gasteiger partial charge in [-0.1, -0.05) is 30.3 Å². The highest BCUT2D eigenvalue weighted by molar-refractivity contribution is 7.80. The van der Waals surface area contributed by atoms with Crippen LogP contribution < -0.4 is 16.0 Å². The summed E-state index contributed by atoms with van der Waals surface area (Å²) in [6.45, 7) is 1.95. The Morgan fingerprint density at radius 2 is 1.87 bits per heavy atom. The molecule has 0 atom stereocenters. The Morgan fingerprint density at radius 3 is 2.57 bits per heavy atom. The van der Waals surface area contributed by atoms with Crippen molar-refractivity contribution in [3.8, 4) is 0 Å². The van der Waals surface area contributed by atoms with E-state index < -0.39 is 0 Å². The average molecular weight is 327 g/mol. The maximum atomic E-state index is 5.56. The fraction of sp³-hybridized carbons (Fsp3) is 0.353. The van der Waals surface area contributed by atoms with E-state index in [-0.39, 0.29) is 5.11 Å². The van der Waals surface area contributed by atoms with E-state index >= 15 is 0 Å². The van der Waals surface area contributed by atoms with E-state index in [1.54, 1.807) is 12.4 Å². The van der Waals surface area contributed by atoms with E-state index in [9.17, 15) is 0 Å². The predicted molar refractivity (Wildman–Crippen MR) is 97.5 cm³/mol. The number of piperidine rings is 1. The van der Waals surface area contributed by atoms with Crippen LogP contribution in [0.25, 0.3) is 0 Å². The summed E-state index contributed by atoms with van der Waals surface area (Å²) in [6.07, 6.45) is 6.80. The first-order valence-electron chi connectivity index (χ1n) is 7.88. The molecule has 0 bridgehead atoms. The summed E-state index contributed by atoms with van der Waals surface area (Å²) in [5.74, 6) is 2.19. The minimum Gasteiger partial charge on any atom is -0.376 e. The molecule has 0 amide bonds.